The number of nitrogens with one attached hydrogen (secondary N) is 1. The van der Waals surface area contributed by atoms with Gasteiger partial charge in [-0.3, -0.25) is 9.59 Å². The van der Waals surface area contributed by atoms with Gasteiger partial charge in [-0.15, -0.1) is 0 Å². The molecule has 0 aliphatic heterocycles. The van der Waals surface area contributed by atoms with Crippen molar-refractivity contribution in [2.75, 3.05) is 11.9 Å². The van der Waals surface area contributed by atoms with Gasteiger partial charge in [0.2, 0.25) is 5.91 Å². The number of amides is 2. The normalized spacial score (nSPS) is 10.5. The second-order valence-corrected chi connectivity index (χ2v) is 5.79. The summed E-state index contributed by atoms with van der Waals surface area (Å²) in [6.07, 6.45) is 0.146. The monoisotopic (exact) mass is 342 g/mol. The smallest absolute Gasteiger partial charge is 0.262 e. The zero-order valence-electron chi connectivity index (χ0n) is 14.3. The molecule has 2 aromatic carbocycles. The van der Waals surface area contributed by atoms with Crippen LogP contribution in [0.5, 0.6) is 5.75 Å². The summed E-state index contributed by atoms with van der Waals surface area (Å²) >= 11 is 0. The molecule has 0 heterocycles. The standard InChI is InChI=1S/C19H22N2O4/c1-13(2)24-11-14-4-3-5-16(10-14)21-18(22)12-25-17-8-6-15(7-9-17)19(20)23/h3-10,13H,11-12H2,1-2H3,(H2,20,23)(H,21,22). The van der Waals surface area contributed by atoms with E-state index in [9.17, 15) is 9.59 Å². The first-order valence-electron chi connectivity index (χ1n) is 7.97. The molecule has 2 amide bonds. The molecule has 0 unspecified atom stereocenters. The molecule has 0 saturated carbocycles. The van der Waals surface area contributed by atoms with Gasteiger partial charge in [-0.25, -0.2) is 0 Å². The minimum Gasteiger partial charge on any atom is -0.484 e. The van der Waals surface area contributed by atoms with Crippen molar-refractivity contribution in [2.24, 2.45) is 5.73 Å². The maximum absolute atomic E-state index is 12.0. The molecule has 0 radical (unpaired) electrons. The van der Waals surface area contributed by atoms with E-state index in [1.54, 1.807) is 30.3 Å². The molecule has 2 aromatic rings. The average Bonchev–Trinajstić information content (AvgIpc) is 2.59. The summed E-state index contributed by atoms with van der Waals surface area (Å²) in [7, 11) is 0. The van der Waals surface area contributed by atoms with Gasteiger partial charge in [0, 0.05) is 11.3 Å². The lowest BCUT2D eigenvalue weighted by Gasteiger charge is -2.10. The lowest BCUT2D eigenvalue weighted by molar-refractivity contribution is -0.118. The van der Waals surface area contributed by atoms with Crippen LogP contribution in [-0.4, -0.2) is 24.5 Å². The minimum atomic E-state index is -0.509. The summed E-state index contributed by atoms with van der Waals surface area (Å²) in [5, 5.41) is 2.78. The number of benzene rings is 2. The number of primary amides is 1. The van der Waals surface area contributed by atoms with Crippen molar-refractivity contribution < 1.29 is 19.1 Å². The highest BCUT2D eigenvalue weighted by Crippen LogP contribution is 2.14. The first-order chi connectivity index (χ1) is 11.9. The zero-order valence-corrected chi connectivity index (χ0v) is 14.3. The molecule has 0 saturated heterocycles. The van der Waals surface area contributed by atoms with Crippen molar-refractivity contribution in [3.8, 4) is 5.75 Å². The Balaban J connectivity index is 1.85. The van der Waals surface area contributed by atoms with Crippen molar-refractivity contribution in [3.63, 3.8) is 0 Å². The number of ether oxygens (including phenoxy) is 2. The van der Waals surface area contributed by atoms with Crippen LogP contribution in [0.25, 0.3) is 0 Å². The summed E-state index contributed by atoms with van der Waals surface area (Å²) in [6.45, 7) is 4.30. The summed E-state index contributed by atoms with van der Waals surface area (Å²) in [6, 6.07) is 13.8. The zero-order chi connectivity index (χ0) is 18.2. The highest BCUT2D eigenvalue weighted by atomic mass is 16.5. The summed E-state index contributed by atoms with van der Waals surface area (Å²) in [5.74, 6) is -0.300. The first-order valence-corrected chi connectivity index (χ1v) is 7.97. The topological polar surface area (TPSA) is 90.7 Å². The maximum Gasteiger partial charge on any atom is 0.262 e. The Kier molecular flexibility index (Phi) is 6.54. The molecular formula is C19H22N2O4. The average molecular weight is 342 g/mol. The SMILES string of the molecule is CC(C)OCc1cccc(NC(=O)COc2ccc(C(N)=O)cc2)c1. The molecule has 6 heteroatoms. The lowest BCUT2D eigenvalue weighted by atomic mass is 10.2. The van der Waals surface area contributed by atoms with Crippen LogP contribution in [0.2, 0.25) is 0 Å². The molecule has 0 spiro atoms. The number of hydrogen-bond acceptors (Lipinski definition) is 4. The Hall–Kier alpha value is -2.86. The summed E-state index contributed by atoms with van der Waals surface area (Å²) in [5.41, 5.74) is 7.22. The fourth-order valence-electron chi connectivity index (χ4n) is 2.06. The third-order valence-corrected chi connectivity index (χ3v) is 3.30. The maximum atomic E-state index is 12.0. The highest BCUT2D eigenvalue weighted by Gasteiger charge is 2.06. The molecule has 25 heavy (non-hydrogen) atoms. The third-order valence-electron chi connectivity index (χ3n) is 3.30. The second-order valence-electron chi connectivity index (χ2n) is 5.79. The fourth-order valence-corrected chi connectivity index (χ4v) is 2.06. The predicted octanol–water partition coefficient (Wildman–Crippen LogP) is 2.73. The summed E-state index contributed by atoms with van der Waals surface area (Å²) in [4.78, 5) is 23.0. The van der Waals surface area contributed by atoms with Gasteiger partial charge in [-0.2, -0.15) is 0 Å². The molecule has 3 N–H and O–H groups in total. The second kappa shape index (κ2) is 8.84. The van der Waals surface area contributed by atoms with Crippen LogP contribution in [0.4, 0.5) is 5.69 Å². The molecule has 132 valence electrons. The van der Waals surface area contributed by atoms with E-state index >= 15 is 0 Å². The van der Waals surface area contributed by atoms with Crippen molar-refractivity contribution in [1.29, 1.82) is 0 Å². The van der Waals surface area contributed by atoms with Gasteiger partial charge in [0.05, 0.1) is 12.7 Å². The van der Waals surface area contributed by atoms with Gasteiger partial charge in [0.25, 0.3) is 5.91 Å². The van der Waals surface area contributed by atoms with Gasteiger partial charge in [-0.05, 0) is 55.8 Å². The van der Waals surface area contributed by atoms with Crippen LogP contribution in [-0.2, 0) is 16.1 Å². The van der Waals surface area contributed by atoms with E-state index in [1.807, 2.05) is 32.0 Å². The molecule has 0 atom stereocenters. The molecule has 0 aromatic heterocycles. The van der Waals surface area contributed by atoms with Crippen LogP contribution in [0, 0.1) is 0 Å². The van der Waals surface area contributed by atoms with Crippen LogP contribution in [0.15, 0.2) is 48.5 Å². The van der Waals surface area contributed by atoms with Crippen LogP contribution in [0.3, 0.4) is 0 Å². The Morgan fingerprint density at radius 1 is 1.12 bits per heavy atom. The molecule has 6 nitrogen and oxygen atoms in total. The number of rotatable bonds is 8. The number of anilines is 1. The highest BCUT2D eigenvalue weighted by molar-refractivity contribution is 5.93. The molecule has 0 fully saturated rings. The molecule has 0 aliphatic carbocycles. The van der Waals surface area contributed by atoms with Gasteiger partial charge in [0.1, 0.15) is 5.75 Å². The van der Waals surface area contributed by atoms with Crippen molar-refractivity contribution in [1.82, 2.24) is 0 Å². The van der Waals surface area contributed by atoms with E-state index in [4.69, 9.17) is 15.2 Å². The lowest BCUT2D eigenvalue weighted by Crippen LogP contribution is -2.20. The van der Waals surface area contributed by atoms with Crippen molar-refractivity contribution >= 4 is 17.5 Å². The van der Waals surface area contributed by atoms with Gasteiger partial charge >= 0.3 is 0 Å². The Morgan fingerprint density at radius 3 is 2.48 bits per heavy atom. The van der Waals surface area contributed by atoms with Crippen molar-refractivity contribution in [2.45, 2.75) is 26.6 Å². The fraction of sp³-hybridized carbons (Fsp3) is 0.263. The van der Waals surface area contributed by atoms with E-state index in [2.05, 4.69) is 5.32 Å². The molecule has 2 rings (SSSR count). The van der Waals surface area contributed by atoms with Crippen LogP contribution in [0.1, 0.15) is 29.8 Å². The van der Waals surface area contributed by atoms with E-state index in [0.29, 0.717) is 23.6 Å². The van der Waals surface area contributed by atoms with Crippen LogP contribution < -0.4 is 15.8 Å². The van der Waals surface area contributed by atoms with E-state index in [0.717, 1.165) is 5.56 Å². The number of carbonyl (C=O) groups excluding carboxylic acids is 2. The summed E-state index contributed by atoms with van der Waals surface area (Å²) < 4.78 is 10.9. The van der Waals surface area contributed by atoms with E-state index < -0.39 is 5.91 Å². The Labute approximate surface area is 146 Å². The van der Waals surface area contributed by atoms with Crippen LogP contribution >= 0.6 is 0 Å². The molecule has 0 aliphatic rings. The third kappa shape index (κ3) is 6.27. The van der Waals surface area contributed by atoms with Gasteiger partial charge in [-0.1, -0.05) is 12.1 Å². The van der Waals surface area contributed by atoms with E-state index in [1.165, 1.54) is 0 Å². The van der Waals surface area contributed by atoms with Gasteiger partial charge in [0.15, 0.2) is 6.61 Å². The number of nitrogens with two attached hydrogens (primary N) is 1. The minimum absolute atomic E-state index is 0.136. The molecular weight excluding hydrogens is 320 g/mol. The Morgan fingerprint density at radius 2 is 1.84 bits per heavy atom. The predicted molar refractivity (Wildman–Crippen MR) is 95.5 cm³/mol. The Bertz CT molecular complexity index is 726. The number of carbonyl (C=O) groups is 2. The quantitative estimate of drug-likeness (QED) is 0.772. The molecule has 0 bridgehead atoms. The first kappa shape index (κ1) is 18.5. The largest absolute Gasteiger partial charge is 0.484 e. The van der Waals surface area contributed by atoms with Crippen molar-refractivity contribution in [3.05, 3.63) is 59.7 Å². The number of hydrogen-bond donors (Lipinski definition) is 2. The van der Waals surface area contributed by atoms with Gasteiger partial charge < -0.3 is 20.5 Å². The van der Waals surface area contributed by atoms with E-state index in [-0.39, 0.29) is 18.6 Å².